The van der Waals surface area contributed by atoms with E-state index in [0.717, 1.165) is 10.6 Å². The summed E-state index contributed by atoms with van der Waals surface area (Å²) in [4.78, 5) is 24.4. The largest absolute Gasteiger partial charge is 0.465 e. The van der Waals surface area contributed by atoms with E-state index >= 15 is 0 Å². The number of likely N-dealkylation sites (N-methyl/N-ethyl adjacent to an activating group) is 1. The lowest BCUT2D eigenvalue weighted by atomic mass is 10.1. The van der Waals surface area contributed by atoms with Gasteiger partial charge in [0.25, 0.3) is 0 Å². The number of anilines is 1. The summed E-state index contributed by atoms with van der Waals surface area (Å²) in [5, 5.41) is 2.66. The fourth-order valence-corrected chi connectivity index (χ4v) is 3.01. The van der Waals surface area contributed by atoms with Gasteiger partial charge >= 0.3 is 5.97 Å². The van der Waals surface area contributed by atoms with Crippen molar-refractivity contribution in [2.24, 2.45) is 0 Å². The highest BCUT2D eigenvalue weighted by atomic mass is 32.2. The number of sulfonamides is 1. The van der Waals surface area contributed by atoms with Crippen LogP contribution in [0.4, 0.5) is 5.69 Å². The first-order valence-electron chi connectivity index (χ1n) is 7.71. The van der Waals surface area contributed by atoms with Crippen molar-refractivity contribution in [2.75, 3.05) is 25.7 Å². The third-order valence-electron chi connectivity index (χ3n) is 3.80. The minimum Gasteiger partial charge on any atom is -0.465 e. The van der Waals surface area contributed by atoms with Crippen molar-refractivity contribution in [1.82, 2.24) is 4.31 Å². The number of carbonyl (C=O) groups excluding carboxylic acids is 2. The van der Waals surface area contributed by atoms with Gasteiger partial charge in [0, 0.05) is 12.7 Å². The molecular weight excluding hydrogens is 356 g/mol. The van der Waals surface area contributed by atoms with Crippen molar-refractivity contribution >= 4 is 27.6 Å². The second kappa shape index (κ2) is 8.11. The zero-order valence-corrected chi connectivity index (χ0v) is 15.5. The molecule has 1 amide bonds. The molecule has 0 heterocycles. The maximum Gasteiger partial charge on any atom is 0.337 e. The maximum atomic E-state index is 12.8. The number of rotatable bonds is 6. The van der Waals surface area contributed by atoms with E-state index in [1.54, 1.807) is 48.5 Å². The van der Waals surface area contributed by atoms with Gasteiger partial charge in [-0.25, -0.2) is 13.2 Å². The Hall–Kier alpha value is -2.71. The van der Waals surface area contributed by atoms with Gasteiger partial charge in [0.2, 0.25) is 15.9 Å². The van der Waals surface area contributed by atoms with E-state index < -0.39 is 27.9 Å². The minimum atomic E-state index is -3.61. The van der Waals surface area contributed by atoms with Gasteiger partial charge in [-0.3, -0.25) is 4.79 Å². The summed E-state index contributed by atoms with van der Waals surface area (Å²) >= 11 is 0. The van der Waals surface area contributed by atoms with Gasteiger partial charge in [0.05, 0.1) is 18.9 Å². The smallest absolute Gasteiger partial charge is 0.337 e. The van der Waals surface area contributed by atoms with Crippen LogP contribution in [0.3, 0.4) is 0 Å². The second-order valence-corrected chi connectivity index (χ2v) is 7.70. The molecule has 26 heavy (non-hydrogen) atoms. The van der Waals surface area contributed by atoms with Crippen LogP contribution >= 0.6 is 0 Å². The summed E-state index contributed by atoms with van der Waals surface area (Å²) in [5.41, 5.74) is 1.17. The highest BCUT2D eigenvalue weighted by Gasteiger charge is 2.30. The lowest BCUT2D eigenvalue weighted by molar-refractivity contribution is -0.119. The fraction of sp³-hybridized carbons (Fsp3) is 0.222. The quantitative estimate of drug-likeness (QED) is 0.779. The number of nitrogens with zero attached hydrogens (tertiary/aromatic N) is 1. The molecule has 0 spiro atoms. The molecule has 2 rings (SSSR count). The molecule has 8 heteroatoms. The lowest BCUT2D eigenvalue weighted by Crippen LogP contribution is -2.38. The summed E-state index contributed by atoms with van der Waals surface area (Å²) in [6.45, 7) is 0. The van der Waals surface area contributed by atoms with E-state index in [1.165, 1.54) is 20.2 Å². The van der Waals surface area contributed by atoms with Crippen LogP contribution in [-0.4, -0.2) is 45.0 Å². The number of ether oxygens (including phenoxy) is 1. The van der Waals surface area contributed by atoms with Crippen LogP contribution in [-0.2, 0) is 19.6 Å². The van der Waals surface area contributed by atoms with Crippen molar-refractivity contribution in [3.63, 3.8) is 0 Å². The van der Waals surface area contributed by atoms with E-state index in [1.807, 2.05) is 0 Å². The number of hydrogen-bond donors (Lipinski definition) is 1. The summed E-state index contributed by atoms with van der Waals surface area (Å²) < 4.78 is 29.6. The van der Waals surface area contributed by atoms with E-state index in [9.17, 15) is 18.0 Å². The Bertz CT molecular complexity index is 897. The summed E-state index contributed by atoms with van der Waals surface area (Å²) in [7, 11) is -1.01. The molecule has 0 aliphatic carbocycles. The van der Waals surface area contributed by atoms with Gasteiger partial charge in [0.15, 0.2) is 0 Å². The molecule has 0 aliphatic rings. The van der Waals surface area contributed by atoms with Crippen LogP contribution in [0.15, 0.2) is 54.6 Å². The highest BCUT2D eigenvalue weighted by molar-refractivity contribution is 7.88. The Kier molecular flexibility index (Phi) is 6.12. The van der Waals surface area contributed by atoms with E-state index in [4.69, 9.17) is 0 Å². The number of carbonyl (C=O) groups is 2. The van der Waals surface area contributed by atoms with Gasteiger partial charge in [-0.1, -0.05) is 36.4 Å². The molecule has 0 fully saturated rings. The Labute approximate surface area is 152 Å². The molecule has 1 atom stereocenters. The van der Waals surface area contributed by atoms with Crippen LogP contribution in [0.1, 0.15) is 22.0 Å². The van der Waals surface area contributed by atoms with Crippen LogP contribution in [0, 0.1) is 0 Å². The Balaban J connectivity index is 2.35. The normalized spacial score (nSPS) is 12.5. The van der Waals surface area contributed by atoms with Crippen molar-refractivity contribution in [2.45, 2.75) is 6.04 Å². The topological polar surface area (TPSA) is 92.8 Å². The monoisotopic (exact) mass is 376 g/mol. The molecule has 0 radical (unpaired) electrons. The number of amides is 1. The van der Waals surface area contributed by atoms with E-state index in [-0.39, 0.29) is 5.56 Å². The van der Waals surface area contributed by atoms with Crippen LogP contribution in [0.25, 0.3) is 0 Å². The molecule has 2 aromatic rings. The van der Waals surface area contributed by atoms with Gasteiger partial charge in [-0.15, -0.1) is 0 Å². The number of nitrogens with one attached hydrogen (secondary N) is 1. The standard InChI is InChI=1S/C18H20N2O5S/c1-20(26(3,23)24)16(13-8-5-4-6-9-13)17(21)19-15-11-7-10-14(12-15)18(22)25-2/h4-12,16H,1-3H3,(H,19,21). The van der Waals surface area contributed by atoms with Crippen molar-refractivity contribution in [3.05, 3.63) is 65.7 Å². The van der Waals surface area contributed by atoms with Crippen LogP contribution in [0.5, 0.6) is 0 Å². The predicted molar refractivity (Wildman–Crippen MR) is 98.2 cm³/mol. The average molecular weight is 376 g/mol. The van der Waals surface area contributed by atoms with Gasteiger partial charge in [-0.2, -0.15) is 4.31 Å². The SMILES string of the molecule is COC(=O)c1cccc(NC(=O)C(c2ccccc2)N(C)S(C)(=O)=O)c1. The van der Waals surface area contributed by atoms with Crippen LogP contribution in [0.2, 0.25) is 0 Å². The zero-order chi connectivity index (χ0) is 19.3. The number of benzene rings is 2. The van der Waals surface area contributed by atoms with Gasteiger partial charge in [0.1, 0.15) is 6.04 Å². The summed E-state index contributed by atoms with van der Waals surface area (Å²) in [6.07, 6.45) is 1.04. The molecule has 0 aliphatic heterocycles. The van der Waals surface area contributed by atoms with Crippen molar-refractivity contribution in [3.8, 4) is 0 Å². The van der Waals surface area contributed by atoms with Crippen molar-refractivity contribution in [1.29, 1.82) is 0 Å². The molecule has 0 saturated heterocycles. The molecule has 0 bridgehead atoms. The molecule has 2 aromatic carbocycles. The molecule has 0 aromatic heterocycles. The highest BCUT2D eigenvalue weighted by Crippen LogP contribution is 2.24. The maximum absolute atomic E-state index is 12.8. The molecule has 7 nitrogen and oxygen atoms in total. The number of methoxy groups -OCH3 is 1. The number of hydrogen-bond acceptors (Lipinski definition) is 5. The molecule has 0 saturated carbocycles. The first-order valence-corrected chi connectivity index (χ1v) is 9.56. The first-order chi connectivity index (χ1) is 12.2. The first kappa shape index (κ1) is 19.6. The van der Waals surface area contributed by atoms with Crippen molar-refractivity contribution < 1.29 is 22.7 Å². The van der Waals surface area contributed by atoms with Gasteiger partial charge < -0.3 is 10.1 Å². The average Bonchev–Trinajstić information content (AvgIpc) is 2.61. The molecule has 1 N–H and O–H groups in total. The Morgan fingerprint density at radius 3 is 2.31 bits per heavy atom. The predicted octanol–water partition coefficient (Wildman–Crippen LogP) is 2.04. The summed E-state index contributed by atoms with van der Waals surface area (Å²) in [5.74, 6) is -1.07. The zero-order valence-electron chi connectivity index (χ0n) is 14.7. The van der Waals surface area contributed by atoms with E-state index in [0.29, 0.717) is 11.3 Å². The second-order valence-electron chi connectivity index (χ2n) is 5.65. The lowest BCUT2D eigenvalue weighted by Gasteiger charge is -2.25. The van der Waals surface area contributed by atoms with E-state index in [2.05, 4.69) is 10.1 Å². The Morgan fingerprint density at radius 2 is 1.73 bits per heavy atom. The summed E-state index contributed by atoms with van der Waals surface area (Å²) in [6, 6.07) is 13.8. The molecule has 138 valence electrons. The van der Waals surface area contributed by atoms with Gasteiger partial charge in [-0.05, 0) is 23.8 Å². The fourth-order valence-electron chi connectivity index (χ4n) is 2.41. The minimum absolute atomic E-state index is 0.276. The number of esters is 1. The third kappa shape index (κ3) is 4.68. The molecular formula is C18H20N2O5S. The third-order valence-corrected chi connectivity index (χ3v) is 5.06. The molecule has 1 unspecified atom stereocenters. The van der Waals surface area contributed by atoms with Crippen LogP contribution < -0.4 is 5.32 Å². The Morgan fingerprint density at radius 1 is 1.08 bits per heavy atom.